The minimum Gasteiger partial charge on any atom is -0.480 e. The molecule has 202 valence electrons. The highest BCUT2D eigenvalue weighted by atomic mass is 32.2. The minimum atomic E-state index is -1.15. The van der Waals surface area contributed by atoms with Crippen molar-refractivity contribution in [3.05, 3.63) is 48.0 Å². The fraction of sp³-hybridized carbons (Fsp3) is 0.462. The Morgan fingerprint density at radius 1 is 0.946 bits per heavy atom. The van der Waals surface area contributed by atoms with Gasteiger partial charge in [-0.2, -0.15) is 24.4 Å². The second kappa shape index (κ2) is 14.8. The maximum absolute atomic E-state index is 13.3. The van der Waals surface area contributed by atoms with Crippen LogP contribution in [0.1, 0.15) is 25.8 Å². The first-order chi connectivity index (χ1) is 17.6. The van der Waals surface area contributed by atoms with Gasteiger partial charge in [-0.25, -0.2) is 4.79 Å². The summed E-state index contributed by atoms with van der Waals surface area (Å²) in [7, 11) is 0. The van der Waals surface area contributed by atoms with Crippen molar-refractivity contribution in [2.45, 2.75) is 50.9 Å². The highest BCUT2D eigenvalue weighted by molar-refractivity contribution is 7.98. The summed E-state index contributed by atoms with van der Waals surface area (Å²) < 4.78 is 0. The van der Waals surface area contributed by atoms with E-state index in [0.29, 0.717) is 5.75 Å². The molecule has 6 N–H and O–H groups in total. The minimum absolute atomic E-state index is 0.109. The number of nitrogens with one attached hydrogen (secondary N) is 3. The molecular weight excluding hydrogens is 512 g/mol. The number of fused-ring (bicyclic) bond motifs is 1. The zero-order chi connectivity index (χ0) is 27.5. The number of hydrogen-bond acceptors (Lipinski definition) is 7. The second-order valence-electron chi connectivity index (χ2n) is 9.15. The third-order valence-corrected chi connectivity index (χ3v) is 6.93. The lowest BCUT2D eigenvalue weighted by molar-refractivity contribution is -0.142. The van der Waals surface area contributed by atoms with Crippen LogP contribution in [0.2, 0.25) is 0 Å². The molecule has 0 aliphatic carbocycles. The number of rotatable bonds is 14. The van der Waals surface area contributed by atoms with E-state index in [4.69, 9.17) is 5.73 Å². The number of carboxylic acid groups (broad SMARTS) is 1. The van der Waals surface area contributed by atoms with E-state index >= 15 is 0 Å². The molecule has 2 rings (SSSR count). The summed E-state index contributed by atoms with van der Waals surface area (Å²) in [6.07, 6.45) is 2.22. The van der Waals surface area contributed by atoms with Crippen molar-refractivity contribution < 1.29 is 24.3 Å². The Bertz CT molecular complexity index is 1100. The van der Waals surface area contributed by atoms with Crippen molar-refractivity contribution in [3.63, 3.8) is 0 Å². The summed E-state index contributed by atoms with van der Waals surface area (Å²) in [5.74, 6) is -2.49. The van der Waals surface area contributed by atoms with Crippen molar-refractivity contribution in [2.75, 3.05) is 17.8 Å². The van der Waals surface area contributed by atoms with Gasteiger partial charge in [-0.3, -0.25) is 14.4 Å². The molecule has 2 aromatic carbocycles. The van der Waals surface area contributed by atoms with E-state index in [-0.39, 0.29) is 24.5 Å². The summed E-state index contributed by atoms with van der Waals surface area (Å²) in [6, 6.07) is 9.49. The molecule has 0 aliphatic heterocycles. The summed E-state index contributed by atoms with van der Waals surface area (Å²) in [6.45, 7) is 3.52. The highest BCUT2D eigenvalue weighted by Crippen LogP contribution is 2.17. The number of carboxylic acids is 1. The van der Waals surface area contributed by atoms with Crippen LogP contribution in [0, 0.1) is 5.92 Å². The Kier molecular flexibility index (Phi) is 12.2. The van der Waals surface area contributed by atoms with Gasteiger partial charge >= 0.3 is 5.97 Å². The van der Waals surface area contributed by atoms with E-state index in [1.807, 2.05) is 48.7 Å². The maximum atomic E-state index is 13.3. The number of hydrogen-bond donors (Lipinski definition) is 6. The SMILES string of the molecule is CSCC[C@H](NC(=O)[C@H](Cc1ccc2ccccc2c1)NC(=O)[C@H](NC(=O)[C@H](N)CS)C(C)C)C(=O)O. The van der Waals surface area contributed by atoms with Gasteiger partial charge in [0.05, 0.1) is 6.04 Å². The average molecular weight is 549 g/mol. The largest absolute Gasteiger partial charge is 0.480 e. The van der Waals surface area contributed by atoms with E-state index in [0.717, 1.165) is 16.3 Å². The number of amides is 3. The molecule has 0 saturated heterocycles. The zero-order valence-corrected chi connectivity index (χ0v) is 23.0. The molecule has 0 aliphatic rings. The quantitative estimate of drug-likeness (QED) is 0.196. The predicted molar refractivity (Wildman–Crippen MR) is 151 cm³/mol. The lowest BCUT2D eigenvalue weighted by Crippen LogP contribution is -2.59. The van der Waals surface area contributed by atoms with Gasteiger partial charge < -0.3 is 26.8 Å². The Hall–Kier alpha value is -2.76. The van der Waals surface area contributed by atoms with Gasteiger partial charge in [-0.05, 0) is 40.7 Å². The van der Waals surface area contributed by atoms with Crippen molar-refractivity contribution in [2.24, 2.45) is 11.7 Å². The summed E-state index contributed by atoms with van der Waals surface area (Å²) in [5, 5.41) is 19.5. The first-order valence-electron chi connectivity index (χ1n) is 12.0. The van der Waals surface area contributed by atoms with Crippen LogP contribution in [0.3, 0.4) is 0 Å². The molecule has 11 heteroatoms. The normalized spacial score (nSPS) is 14.4. The van der Waals surface area contributed by atoms with Crippen LogP contribution in [-0.2, 0) is 25.6 Å². The Morgan fingerprint density at radius 3 is 2.19 bits per heavy atom. The van der Waals surface area contributed by atoms with Crippen LogP contribution in [0.5, 0.6) is 0 Å². The number of carbonyl (C=O) groups is 4. The van der Waals surface area contributed by atoms with Gasteiger partial charge in [0.25, 0.3) is 0 Å². The summed E-state index contributed by atoms with van der Waals surface area (Å²) in [4.78, 5) is 50.6. The molecule has 4 atom stereocenters. The smallest absolute Gasteiger partial charge is 0.326 e. The Balaban J connectivity index is 2.31. The molecule has 0 aromatic heterocycles. The van der Waals surface area contributed by atoms with E-state index in [9.17, 15) is 24.3 Å². The first kappa shape index (κ1) is 30.5. The molecule has 0 spiro atoms. The molecule has 0 radical (unpaired) electrons. The fourth-order valence-electron chi connectivity index (χ4n) is 3.72. The van der Waals surface area contributed by atoms with Crippen LogP contribution >= 0.6 is 24.4 Å². The van der Waals surface area contributed by atoms with Gasteiger partial charge in [0.1, 0.15) is 18.1 Å². The monoisotopic (exact) mass is 548 g/mol. The first-order valence-corrected chi connectivity index (χ1v) is 14.1. The molecule has 3 amide bonds. The van der Waals surface area contributed by atoms with Gasteiger partial charge in [0, 0.05) is 12.2 Å². The number of nitrogens with two attached hydrogens (primary N) is 1. The van der Waals surface area contributed by atoms with E-state index < -0.39 is 47.9 Å². The number of aliphatic carboxylic acids is 1. The van der Waals surface area contributed by atoms with E-state index in [1.165, 1.54) is 11.8 Å². The summed E-state index contributed by atoms with van der Waals surface area (Å²) in [5.41, 5.74) is 6.53. The second-order valence-corrected chi connectivity index (χ2v) is 10.5. The number of benzene rings is 2. The molecule has 0 saturated carbocycles. The highest BCUT2D eigenvalue weighted by Gasteiger charge is 2.31. The Labute approximate surface area is 227 Å². The van der Waals surface area contributed by atoms with Gasteiger partial charge in [-0.15, -0.1) is 0 Å². The van der Waals surface area contributed by atoms with Crippen LogP contribution in [0.4, 0.5) is 0 Å². The lowest BCUT2D eigenvalue weighted by atomic mass is 9.99. The van der Waals surface area contributed by atoms with E-state index in [1.54, 1.807) is 13.8 Å². The zero-order valence-electron chi connectivity index (χ0n) is 21.3. The fourth-order valence-corrected chi connectivity index (χ4v) is 4.35. The van der Waals surface area contributed by atoms with Crippen LogP contribution in [0.25, 0.3) is 10.8 Å². The number of thiol groups is 1. The predicted octanol–water partition coefficient (Wildman–Crippen LogP) is 1.59. The van der Waals surface area contributed by atoms with E-state index in [2.05, 4.69) is 28.6 Å². The van der Waals surface area contributed by atoms with Crippen LogP contribution in [0.15, 0.2) is 42.5 Å². The van der Waals surface area contributed by atoms with Crippen LogP contribution < -0.4 is 21.7 Å². The molecule has 0 heterocycles. The molecular formula is C26H36N4O5S2. The van der Waals surface area contributed by atoms with Crippen molar-refractivity contribution in [1.29, 1.82) is 0 Å². The summed E-state index contributed by atoms with van der Waals surface area (Å²) >= 11 is 5.50. The third-order valence-electron chi connectivity index (χ3n) is 5.89. The van der Waals surface area contributed by atoms with Crippen molar-refractivity contribution in [3.8, 4) is 0 Å². The standard InChI is InChI=1S/C26H36N4O5S2/c1-15(2)22(30-23(31)19(27)14-36)25(33)29-21(24(32)28-20(26(34)35)10-11-37-3)13-16-8-9-17-6-4-5-7-18(17)12-16/h4-9,12,15,19-22,36H,10-11,13-14,27H2,1-3H3,(H,28,32)(H,29,33)(H,30,31)(H,34,35)/t19-,20+,21+,22-/m1/s1. The van der Waals surface area contributed by atoms with Gasteiger partial charge in [0.15, 0.2) is 0 Å². The Morgan fingerprint density at radius 2 is 1.59 bits per heavy atom. The molecule has 37 heavy (non-hydrogen) atoms. The number of thioether (sulfide) groups is 1. The average Bonchev–Trinajstić information content (AvgIpc) is 2.87. The topological polar surface area (TPSA) is 151 Å². The van der Waals surface area contributed by atoms with Gasteiger partial charge in [-0.1, -0.05) is 56.3 Å². The molecule has 0 fully saturated rings. The maximum Gasteiger partial charge on any atom is 0.326 e. The van der Waals surface area contributed by atoms with Crippen LogP contribution in [-0.4, -0.2) is 70.7 Å². The lowest BCUT2D eigenvalue weighted by Gasteiger charge is -2.27. The van der Waals surface area contributed by atoms with Crippen molar-refractivity contribution in [1.82, 2.24) is 16.0 Å². The molecule has 0 unspecified atom stereocenters. The van der Waals surface area contributed by atoms with Crippen molar-refractivity contribution >= 4 is 58.9 Å². The van der Waals surface area contributed by atoms with Gasteiger partial charge in [0.2, 0.25) is 17.7 Å². The molecule has 0 bridgehead atoms. The third kappa shape index (κ3) is 9.24. The molecule has 2 aromatic rings. The number of carbonyl (C=O) groups excluding carboxylic acids is 3. The molecule has 9 nitrogen and oxygen atoms in total.